The van der Waals surface area contributed by atoms with Crippen LogP contribution in [0.4, 0.5) is 4.39 Å². The van der Waals surface area contributed by atoms with E-state index in [0.717, 1.165) is 12.8 Å². The fourth-order valence-electron chi connectivity index (χ4n) is 4.82. The van der Waals surface area contributed by atoms with Crippen LogP contribution >= 0.6 is 11.3 Å². The number of halogens is 1. The first-order chi connectivity index (χ1) is 16.4. The van der Waals surface area contributed by atoms with E-state index in [1.165, 1.54) is 59.0 Å². The van der Waals surface area contributed by atoms with Gasteiger partial charge in [0.15, 0.2) is 0 Å². The SMILES string of the molecule is N/C=N/C(=NCC1(c2cccs2)CCN(S(=O)(=O)c2ccc(F)cc2)CC1)NC1CCCCC1. The van der Waals surface area contributed by atoms with Gasteiger partial charge in [-0.1, -0.05) is 25.3 Å². The summed E-state index contributed by atoms with van der Waals surface area (Å²) in [5, 5.41) is 5.50. The van der Waals surface area contributed by atoms with Crippen molar-refractivity contribution in [2.45, 2.75) is 61.3 Å². The molecule has 0 bridgehead atoms. The Morgan fingerprint density at radius 3 is 2.50 bits per heavy atom. The molecule has 3 N–H and O–H groups in total. The zero-order valence-electron chi connectivity index (χ0n) is 19.2. The zero-order valence-corrected chi connectivity index (χ0v) is 20.8. The standard InChI is InChI=1S/C24H32FN5O2S2/c25-19-8-10-21(11-9-19)34(31,32)30-14-12-24(13-15-30,22-7-4-16-33-22)17-27-23(28-18-26)29-20-5-2-1-3-6-20/h4,7-11,16,18,20H,1-3,5-6,12-15,17H2,(H3,26,27,28,29). The van der Waals surface area contributed by atoms with Crippen LogP contribution in [0.2, 0.25) is 0 Å². The second-order valence-electron chi connectivity index (χ2n) is 9.01. The van der Waals surface area contributed by atoms with Gasteiger partial charge >= 0.3 is 0 Å². The quantitative estimate of drug-likeness (QED) is 0.460. The summed E-state index contributed by atoms with van der Waals surface area (Å²) >= 11 is 1.67. The molecule has 2 fully saturated rings. The first-order valence-electron chi connectivity index (χ1n) is 11.8. The van der Waals surface area contributed by atoms with Gasteiger partial charge in [0.05, 0.1) is 17.8 Å². The smallest absolute Gasteiger partial charge is 0.243 e. The number of hydrogen-bond acceptors (Lipinski definition) is 4. The van der Waals surface area contributed by atoms with E-state index in [4.69, 9.17) is 10.7 Å². The summed E-state index contributed by atoms with van der Waals surface area (Å²) in [6, 6.07) is 9.49. The minimum Gasteiger partial charge on any atom is -0.390 e. The fourth-order valence-corrected chi connectivity index (χ4v) is 7.24. The van der Waals surface area contributed by atoms with Crippen LogP contribution in [0.1, 0.15) is 49.8 Å². The number of guanidine groups is 1. The van der Waals surface area contributed by atoms with Crippen LogP contribution in [0.5, 0.6) is 0 Å². The van der Waals surface area contributed by atoms with E-state index >= 15 is 0 Å². The molecule has 0 spiro atoms. The number of sulfonamides is 1. The molecule has 4 rings (SSSR count). The summed E-state index contributed by atoms with van der Waals surface area (Å²) in [5.41, 5.74) is 5.32. The number of nitrogens with two attached hydrogens (primary N) is 1. The number of nitrogens with one attached hydrogen (secondary N) is 1. The molecule has 0 unspecified atom stereocenters. The number of nitrogens with zero attached hydrogens (tertiary/aromatic N) is 3. The van der Waals surface area contributed by atoms with Crippen molar-refractivity contribution < 1.29 is 12.8 Å². The van der Waals surface area contributed by atoms with Gasteiger partial charge in [-0.2, -0.15) is 4.31 Å². The van der Waals surface area contributed by atoms with Crippen LogP contribution in [0.15, 0.2) is 56.7 Å². The molecule has 1 aromatic carbocycles. The topological polar surface area (TPSA) is 100 Å². The lowest BCUT2D eigenvalue weighted by molar-refractivity contribution is 0.241. The van der Waals surface area contributed by atoms with Crippen molar-refractivity contribution in [1.82, 2.24) is 9.62 Å². The van der Waals surface area contributed by atoms with Crippen LogP contribution in [0, 0.1) is 5.82 Å². The van der Waals surface area contributed by atoms with Gasteiger partial charge in [0.25, 0.3) is 0 Å². The van der Waals surface area contributed by atoms with Gasteiger partial charge in [0.1, 0.15) is 5.82 Å². The molecule has 2 heterocycles. The van der Waals surface area contributed by atoms with Crippen molar-refractivity contribution in [3.8, 4) is 0 Å². The molecule has 1 saturated carbocycles. The molecule has 0 amide bonds. The predicted octanol–water partition coefficient (Wildman–Crippen LogP) is 3.88. The number of aliphatic imine (C=N–C) groups is 2. The van der Waals surface area contributed by atoms with Crippen LogP contribution in [0.3, 0.4) is 0 Å². The lowest BCUT2D eigenvalue weighted by atomic mass is 9.77. The maximum absolute atomic E-state index is 13.3. The maximum atomic E-state index is 13.3. The predicted molar refractivity (Wildman–Crippen MR) is 135 cm³/mol. The van der Waals surface area contributed by atoms with E-state index in [0.29, 0.717) is 44.5 Å². The Hall–Kier alpha value is -2.30. The van der Waals surface area contributed by atoms with E-state index in [1.807, 2.05) is 11.4 Å². The lowest BCUT2D eigenvalue weighted by Gasteiger charge is -2.40. The Balaban J connectivity index is 1.51. The summed E-state index contributed by atoms with van der Waals surface area (Å²) in [6.07, 6.45) is 8.43. The number of rotatable bonds is 6. The monoisotopic (exact) mass is 505 g/mol. The summed E-state index contributed by atoms with van der Waals surface area (Å²) in [4.78, 5) is 10.4. The third kappa shape index (κ3) is 5.67. The van der Waals surface area contributed by atoms with Gasteiger partial charge in [-0.25, -0.2) is 17.8 Å². The van der Waals surface area contributed by atoms with Crippen LogP contribution in [-0.2, 0) is 15.4 Å². The largest absolute Gasteiger partial charge is 0.390 e. The lowest BCUT2D eigenvalue weighted by Crippen LogP contribution is -2.46. The highest BCUT2D eigenvalue weighted by Gasteiger charge is 2.40. The van der Waals surface area contributed by atoms with E-state index in [1.54, 1.807) is 11.3 Å². The highest BCUT2D eigenvalue weighted by atomic mass is 32.2. The number of piperidine rings is 1. The Bertz CT molecular complexity index is 1090. The minimum absolute atomic E-state index is 0.117. The molecule has 1 saturated heterocycles. The van der Waals surface area contributed by atoms with Crippen molar-refractivity contribution in [3.05, 3.63) is 52.5 Å². The third-order valence-electron chi connectivity index (χ3n) is 6.84. The minimum atomic E-state index is -3.68. The second kappa shape index (κ2) is 11.0. The number of hydrogen-bond donors (Lipinski definition) is 2. The number of benzene rings is 1. The van der Waals surface area contributed by atoms with Crippen molar-refractivity contribution in [2.24, 2.45) is 15.7 Å². The van der Waals surface area contributed by atoms with E-state index in [-0.39, 0.29) is 10.3 Å². The average Bonchev–Trinajstić information content (AvgIpc) is 3.40. The van der Waals surface area contributed by atoms with Gasteiger partial charge in [0, 0.05) is 29.4 Å². The van der Waals surface area contributed by atoms with E-state index in [2.05, 4.69) is 16.4 Å². The Morgan fingerprint density at radius 1 is 1.18 bits per heavy atom. The zero-order chi connectivity index (χ0) is 24.0. The van der Waals surface area contributed by atoms with Gasteiger partial charge in [0.2, 0.25) is 16.0 Å². The molecule has 0 radical (unpaired) electrons. The molecule has 7 nitrogen and oxygen atoms in total. The Labute approximate surface area is 205 Å². The third-order valence-corrected chi connectivity index (χ3v) is 9.87. The molecular weight excluding hydrogens is 473 g/mol. The average molecular weight is 506 g/mol. The maximum Gasteiger partial charge on any atom is 0.243 e. The Kier molecular flexibility index (Phi) is 8.00. The molecule has 1 aliphatic carbocycles. The normalized spacial score (nSPS) is 20.6. The second-order valence-corrected chi connectivity index (χ2v) is 11.9. The summed E-state index contributed by atoms with van der Waals surface area (Å²) in [7, 11) is -3.68. The molecular formula is C24H32FN5O2S2. The molecule has 1 aliphatic heterocycles. The van der Waals surface area contributed by atoms with Crippen molar-refractivity contribution in [1.29, 1.82) is 0 Å². The highest BCUT2D eigenvalue weighted by Crippen LogP contribution is 2.40. The van der Waals surface area contributed by atoms with Gasteiger partial charge in [-0.05, 0) is 61.4 Å². The fraction of sp³-hybridized carbons (Fsp3) is 0.500. The van der Waals surface area contributed by atoms with Gasteiger partial charge in [-0.15, -0.1) is 11.3 Å². The molecule has 10 heteroatoms. The van der Waals surface area contributed by atoms with Gasteiger partial charge < -0.3 is 11.1 Å². The van der Waals surface area contributed by atoms with Crippen LogP contribution < -0.4 is 11.1 Å². The Morgan fingerprint density at radius 2 is 1.88 bits per heavy atom. The first kappa shape index (κ1) is 24.8. The van der Waals surface area contributed by atoms with Crippen molar-refractivity contribution >= 4 is 33.7 Å². The van der Waals surface area contributed by atoms with E-state index in [9.17, 15) is 12.8 Å². The summed E-state index contributed by atoms with van der Waals surface area (Å²) in [5.74, 6) is 0.0941. The summed E-state index contributed by atoms with van der Waals surface area (Å²) < 4.78 is 41.0. The van der Waals surface area contributed by atoms with Crippen molar-refractivity contribution in [2.75, 3.05) is 19.6 Å². The molecule has 184 valence electrons. The molecule has 0 atom stereocenters. The van der Waals surface area contributed by atoms with Gasteiger partial charge in [-0.3, -0.25) is 4.99 Å². The summed E-state index contributed by atoms with van der Waals surface area (Å²) in [6.45, 7) is 1.25. The molecule has 34 heavy (non-hydrogen) atoms. The first-order valence-corrected chi connectivity index (χ1v) is 14.1. The molecule has 2 aliphatic rings. The van der Waals surface area contributed by atoms with Crippen molar-refractivity contribution in [3.63, 3.8) is 0 Å². The van der Waals surface area contributed by atoms with Crippen LogP contribution in [-0.4, -0.2) is 50.7 Å². The number of thiophene rings is 1. The highest BCUT2D eigenvalue weighted by molar-refractivity contribution is 7.89. The molecule has 2 aromatic rings. The van der Waals surface area contributed by atoms with Crippen LogP contribution in [0.25, 0.3) is 0 Å². The molecule has 1 aromatic heterocycles. The van der Waals surface area contributed by atoms with E-state index < -0.39 is 15.8 Å².